The number of rotatable bonds is 16. The molecule has 0 aliphatic heterocycles. The predicted octanol–water partition coefficient (Wildman–Crippen LogP) is -0.523. The summed E-state index contributed by atoms with van der Waals surface area (Å²) in [6, 6.07) is 0. The molecule has 3 atom stereocenters. The molecular weight excluding hydrogens is 422 g/mol. The molecule has 0 fully saturated rings. The summed E-state index contributed by atoms with van der Waals surface area (Å²) >= 11 is 0. The van der Waals surface area contributed by atoms with Crippen LogP contribution in [0, 0.1) is 5.92 Å². The van der Waals surface area contributed by atoms with E-state index < -0.39 is 37.5 Å². The van der Waals surface area contributed by atoms with Crippen LogP contribution in [-0.4, -0.2) is 63.8 Å². The normalized spacial score (nSPS) is 16.1. The van der Waals surface area contributed by atoms with E-state index in [0.29, 0.717) is 13.0 Å². The molecule has 0 radical (unpaired) electrons. The summed E-state index contributed by atoms with van der Waals surface area (Å²) in [4.78, 5) is 0. The third kappa shape index (κ3) is 12.4. The maximum absolute atomic E-state index is 12.5. The summed E-state index contributed by atoms with van der Waals surface area (Å²) in [5.41, 5.74) is 0. The zero-order valence-corrected chi connectivity index (χ0v) is 17.9. The van der Waals surface area contributed by atoms with Crippen molar-refractivity contribution < 1.29 is 63.4 Å². The second-order valence-corrected chi connectivity index (χ2v) is 9.10. The van der Waals surface area contributed by atoms with Crippen molar-refractivity contribution >= 4 is 20.0 Å². The third-order valence-electron chi connectivity index (χ3n) is 3.27. The average Bonchev–Trinajstić information content (AvgIpc) is 2.61. The van der Waals surface area contributed by atoms with Gasteiger partial charge in [-0.1, -0.05) is 21.2 Å². The molecule has 0 aromatic rings. The Morgan fingerprint density at radius 2 is 1.86 bits per heavy atom. The molecule has 0 aromatic heterocycles. The number of nitrogens with zero attached hydrogens (tertiary/aromatic N) is 1. The van der Waals surface area contributed by atoms with Gasteiger partial charge < -0.3 is 14.2 Å². The average molecular weight is 448 g/mol. The van der Waals surface area contributed by atoms with Gasteiger partial charge in [-0.3, -0.25) is 0 Å². The molecule has 14 heteroatoms. The van der Waals surface area contributed by atoms with Gasteiger partial charge in [0.15, 0.2) is 0 Å². The van der Waals surface area contributed by atoms with E-state index in [0.717, 1.165) is 0 Å². The van der Waals surface area contributed by atoms with Crippen LogP contribution in [0.1, 0.15) is 19.8 Å². The SMILES string of the molecule is C=CCOCC(CC)OCC(CCOC)CS(=O)(=O)N=S(=O)(OF)C(F)F.[Li+]. The fourth-order valence-electron chi connectivity index (χ4n) is 1.90. The van der Waals surface area contributed by atoms with Crippen LogP contribution in [-0.2, 0) is 38.6 Å². The van der Waals surface area contributed by atoms with Gasteiger partial charge in [0.1, 0.15) is 0 Å². The Kier molecular flexibility index (Phi) is 16.8. The van der Waals surface area contributed by atoms with Crippen molar-refractivity contribution in [3.63, 3.8) is 0 Å². The van der Waals surface area contributed by atoms with Crippen molar-refractivity contribution in [1.82, 2.24) is 0 Å². The van der Waals surface area contributed by atoms with E-state index in [2.05, 4.69) is 14.7 Å². The van der Waals surface area contributed by atoms with Crippen molar-refractivity contribution in [3.05, 3.63) is 12.7 Å². The van der Waals surface area contributed by atoms with Crippen LogP contribution < -0.4 is 18.9 Å². The number of sulfonamides is 1. The summed E-state index contributed by atoms with van der Waals surface area (Å²) in [5.74, 6) is -5.42. The van der Waals surface area contributed by atoms with Crippen LogP contribution in [0.15, 0.2) is 16.4 Å². The molecule has 0 rings (SSSR count). The summed E-state index contributed by atoms with van der Waals surface area (Å²) in [6.45, 7) is 6.03. The monoisotopic (exact) mass is 448 g/mol. The molecule has 28 heavy (non-hydrogen) atoms. The van der Waals surface area contributed by atoms with Crippen LogP contribution >= 0.6 is 0 Å². The number of ether oxygens (including phenoxy) is 3. The van der Waals surface area contributed by atoms with E-state index in [1.54, 1.807) is 6.08 Å². The quantitative estimate of drug-likeness (QED) is 0.178. The largest absolute Gasteiger partial charge is 1.00 e. The summed E-state index contributed by atoms with van der Waals surface area (Å²) in [6.07, 6.45) is 2.02. The van der Waals surface area contributed by atoms with Crippen LogP contribution in [0.25, 0.3) is 0 Å². The summed E-state index contributed by atoms with van der Waals surface area (Å²) in [5, 5.41) is 0. The first-order valence-corrected chi connectivity index (χ1v) is 11.1. The van der Waals surface area contributed by atoms with Gasteiger partial charge in [-0.25, -0.2) is 12.6 Å². The molecule has 0 aromatic carbocycles. The fourth-order valence-corrected chi connectivity index (χ4v) is 4.67. The van der Waals surface area contributed by atoms with Gasteiger partial charge in [0, 0.05) is 19.6 Å². The molecule has 0 aliphatic rings. The first kappa shape index (κ1) is 30.1. The van der Waals surface area contributed by atoms with E-state index >= 15 is 0 Å². The van der Waals surface area contributed by atoms with Crippen LogP contribution in [0.5, 0.6) is 0 Å². The van der Waals surface area contributed by atoms with Crippen LogP contribution in [0.4, 0.5) is 13.3 Å². The molecule has 8 nitrogen and oxygen atoms in total. The van der Waals surface area contributed by atoms with Gasteiger partial charge in [-0.05, 0) is 17.4 Å². The molecule has 0 N–H and O–H groups in total. The molecule has 0 saturated carbocycles. The van der Waals surface area contributed by atoms with Gasteiger partial charge in [0.05, 0.1) is 31.7 Å². The number of hydrogen-bond acceptors (Lipinski definition) is 7. The van der Waals surface area contributed by atoms with Crippen molar-refractivity contribution in [2.45, 2.75) is 31.6 Å². The Morgan fingerprint density at radius 1 is 1.21 bits per heavy atom. The Balaban J connectivity index is 0. The molecule has 0 bridgehead atoms. The van der Waals surface area contributed by atoms with E-state index in [-0.39, 0.29) is 51.2 Å². The molecular formula is C14H26F3LiNO7S2+. The van der Waals surface area contributed by atoms with Gasteiger partial charge in [0.2, 0.25) is 0 Å². The second kappa shape index (κ2) is 15.7. The molecule has 3 unspecified atom stereocenters. The minimum atomic E-state index is -5.28. The first-order valence-electron chi connectivity index (χ1n) is 8.01. The van der Waals surface area contributed by atoms with E-state index in [4.69, 9.17) is 14.2 Å². The van der Waals surface area contributed by atoms with Crippen LogP contribution in [0.3, 0.4) is 0 Å². The zero-order valence-electron chi connectivity index (χ0n) is 16.2. The Morgan fingerprint density at radius 3 is 2.32 bits per heavy atom. The number of alkyl halides is 2. The topological polar surface area (TPSA) is 100 Å². The maximum Gasteiger partial charge on any atom is 1.00 e. The van der Waals surface area contributed by atoms with Gasteiger partial charge >= 0.3 is 24.6 Å². The van der Waals surface area contributed by atoms with E-state index in [1.807, 2.05) is 6.92 Å². The zero-order chi connectivity index (χ0) is 20.9. The van der Waals surface area contributed by atoms with Crippen molar-refractivity contribution in [2.75, 3.05) is 39.3 Å². The number of halogens is 3. The van der Waals surface area contributed by atoms with E-state index in [9.17, 15) is 25.9 Å². The van der Waals surface area contributed by atoms with Crippen molar-refractivity contribution in [3.8, 4) is 0 Å². The Labute approximate surface area is 176 Å². The third-order valence-corrected chi connectivity index (χ3v) is 6.53. The summed E-state index contributed by atoms with van der Waals surface area (Å²) in [7, 11) is -8.56. The van der Waals surface area contributed by atoms with Gasteiger partial charge in [0.25, 0.3) is 20.0 Å². The minimum Gasteiger partial charge on any atom is -0.385 e. The molecule has 0 saturated heterocycles. The number of hydrogen-bond donors (Lipinski definition) is 0. The standard InChI is InChI=1S/C14H26F3NO7S2.Li/c1-4-7-23-10-13(5-2)24-9-12(6-8-22-3)11-26(19,20)18-27(21,25-17)14(15)16;/h4,12-14H,1,5-11H2,2-3H3;/q;+1. The summed E-state index contributed by atoms with van der Waals surface area (Å²) < 4.78 is 93.3. The predicted molar refractivity (Wildman–Crippen MR) is 93.6 cm³/mol. The molecule has 0 amide bonds. The Bertz CT molecular complexity index is 643. The molecule has 0 spiro atoms. The minimum absolute atomic E-state index is 0. The van der Waals surface area contributed by atoms with E-state index in [1.165, 1.54) is 7.11 Å². The fraction of sp³-hybridized carbons (Fsp3) is 0.857. The molecule has 0 aliphatic carbocycles. The van der Waals surface area contributed by atoms with Crippen LogP contribution in [0.2, 0.25) is 0 Å². The van der Waals surface area contributed by atoms with Crippen molar-refractivity contribution in [1.29, 1.82) is 0 Å². The Hall–Kier alpha value is -0.133. The first-order chi connectivity index (χ1) is 12.6. The molecule has 162 valence electrons. The molecule has 0 heterocycles. The second-order valence-electron chi connectivity index (χ2n) is 5.50. The van der Waals surface area contributed by atoms with Gasteiger partial charge in [-0.15, -0.1) is 6.58 Å². The smallest absolute Gasteiger partial charge is 0.385 e. The van der Waals surface area contributed by atoms with Crippen molar-refractivity contribution in [2.24, 2.45) is 9.69 Å². The maximum atomic E-state index is 12.5. The van der Waals surface area contributed by atoms with Gasteiger partial charge in [-0.2, -0.15) is 8.78 Å². The number of methoxy groups -OCH3 is 1.